The van der Waals surface area contributed by atoms with Crippen molar-refractivity contribution in [1.29, 1.82) is 0 Å². The zero-order chi connectivity index (χ0) is 23.6. The number of nitrogens with zero attached hydrogens (tertiary/aromatic N) is 4. The third kappa shape index (κ3) is 4.76. The van der Waals surface area contributed by atoms with E-state index in [1.165, 1.54) is 30.4 Å². The molecule has 1 fully saturated rings. The molecule has 11 heteroatoms. The predicted octanol–water partition coefficient (Wildman–Crippen LogP) is 3.18. The topological polar surface area (TPSA) is 83.6 Å². The van der Waals surface area contributed by atoms with Gasteiger partial charge in [-0.3, -0.25) is 4.79 Å². The molecule has 0 radical (unpaired) electrons. The lowest BCUT2D eigenvalue weighted by Crippen LogP contribution is -2.51. The number of halogens is 3. The highest BCUT2D eigenvalue weighted by Gasteiger charge is 2.36. The molecule has 174 valence electrons. The molecule has 4 rings (SSSR count). The van der Waals surface area contributed by atoms with Gasteiger partial charge in [-0.05, 0) is 38.0 Å². The van der Waals surface area contributed by atoms with Crippen LogP contribution in [0.1, 0.15) is 35.7 Å². The lowest BCUT2D eigenvalue weighted by atomic mass is 9.98. The standard InChI is InChI=1S/C22H22F3N5O3/c1-14-19(33-20-8-5-15(13-26-20)22(23,24)25)4-3-11-29(14)21(31)17-7-6-16(32-2)12-18(17)30-27-9-10-28-30/h5-10,12-14,19H,3-4,11H2,1-2H3/p+1/t14-,19+/m0/s1. The summed E-state index contributed by atoms with van der Waals surface area (Å²) in [4.78, 5) is 19.1. The normalized spacial score (nSPS) is 18.8. The van der Waals surface area contributed by atoms with E-state index in [-0.39, 0.29) is 23.9 Å². The van der Waals surface area contributed by atoms with Gasteiger partial charge in [0.1, 0.15) is 23.1 Å². The number of aromatic amines is 1. The quantitative estimate of drug-likeness (QED) is 0.582. The first-order valence-corrected chi connectivity index (χ1v) is 10.4. The number of likely N-dealkylation sites (tertiary alicyclic amines) is 1. The fraction of sp³-hybridized carbons (Fsp3) is 0.364. The van der Waals surface area contributed by atoms with Gasteiger partial charge in [0.25, 0.3) is 5.91 Å². The number of pyridine rings is 1. The number of carbonyl (C=O) groups is 1. The highest BCUT2D eigenvalue weighted by Crippen LogP contribution is 2.30. The van der Waals surface area contributed by atoms with Crippen LogP contribution in [-0.4, -0.2) is 51.6 Å². The van der Waals surface area contributed by atoms with Crippen molar-refractivity contribution < 1.29 is 32.4 Å². The summed E-state index contributed by atoms with van der Waals surface area (Å²) in [6.07, 6.45) is 0.425. The van der Waals surface area contributed by atoms with Gasteiger partial charge in [0.15, 0.2) is 6.20 Å². The first-order chi connectivity index (χ1) is 15.8. The zero-order valence-electron chi connectivity index (χ0n) is 18.0. The van der Waals surface area contributed by atoms with E-state index in [9.17, 15) is 18.0 Å². The number of amides is 1. The van der Waals surface area contributed by atoms with Crippen molar-refractivity contribution in [3.8, 4) is 17.3 Å². The molecule has 1 saturated heterocycles. The molecule has 0 unspecified atom stereocenters. The number of hydrogen-bond acceptors (Lipinski definition) is 5. The Morgan fingerprint density at radius 1 is 1.18 bits per heavy atom. The second kappa shape index (κ2) is 9.08. The summed E-state index contributed by atoms with van der Waals surface area (Å²) in [5.41, 5.74) is 0.0962. The van der Waals surface area contributed by atoms with Crippen LogP contribution in [0, 0.1) is 0 Å². The fourth-order valence-corrected chi connectivity index (χ4v) is 3.86. The molecule has 1 aliphatic heterocycles. The van der Waals surface area contributed by atoms with Crippen molar-refractivity contribution in [3.63, 3.8) is 0 Å². The number of aromatic nitrogens is 4. The molecule has 0 saturated carbocycles. The molecule has 0 bridgehead atoms. The van der Waals surface area contributed by atoms with Gasteiger partial charge in [-0.2, -0.15) is 33.1 Å². The highest BCUT2D eigenvalue weighted by molar-refractivity contribution is 5.98. The maximum absolute atomic E-state index is 13.5. The molecule has 2 atom stereocenters. The molecule has 1 amide bonds. The summed E-state index contributed by atoms with van der Waals surface area (Å²) in [7, 11) is 1.53. The summed E-state index contributed by atoms with van der Waals surface area (Å²) in [5.74, 6) is 0.548. The molecular weight excluding hydrogens is 439 g/mol. The van der Waals surface area contributed by atoms with E-state index in [1.54, 1.807) is 23.1 Å². The Morgan fingerprint density at radius 2 is 1.94 bits per heavy atom. The summed E-state index contributed by atoms with van der Waals surface area (Å²) < 4.78 is 49.6. The smallest absolute Gasteiger partial charge is 0.422 e. The fourth-order valence-electron chi connectivity index (χ4n) is 3.86. The van der Waals surface area contributed by atoms with Gasteiger partial charge in [-0.25, -0.2) is 0 Å². The van der Waals surface area contributed by atoms with Gasteiger partial charge in [-0.15, -0.1) is 0 Å². The Hall–Kier alpha value is -3.63. The van der Waals surface area contributed by atoms with E-state index in [2.05, 4.69) is 15.2 Å². The zero-order valence-corrected chi connectivity index (χ0v) is 18.0. The first kappa shape index (κ1) is 22.6. The number of nitrogens with one attached hydrogen (secondary N) is 1. The molecule has 1 aromatic carbocycles. The number of hydrogen-bond donors (Lipinski definition) is 0. The van der Waals surface area contributed by atoms with E-state index in [1.807, 2.05) is 6.92 Å². The number of H-pyrrole nitrogens is 1. The number of methoxy groups -OCH3 is 1. The van der Waals surface area contributed by atoms with Crippen LogP contribution in [0.15, 0.2) is 48.9 Å². The van der Waals surface area contributed by atoms with Gasteiger partial charge >= 0.3 is 12.1 Å². The Morgan fingerprint density at radius 3 is 2.58 bits per heavy atom. The third-order valence-corrected chi connectivity index (χ3v) is 5.64. The minimum absolute atomic E-state index is 0.208. The van der Waals surface area contributed by atoms with Gasteiger partial charge in [0.2, 0.25) is 0 Å². The summed E-state index contributed by atoms with van der Waals surface area (Å²) in [5, 5.41) is 8.27. The van der Waals surface area contributed by atoms with Gasteiger partial charge in [0, 0.05) is 12.6 Å². The maximum Gasteiger partial charge on any atom is 0.422 e. The molecule has 33 heavy (non-hydrogen) atoms. The van der Waals surface area contributed by atoms with Crippen molar-refractivity contribution in [2.45, 2.75) is 38.1 Å². The molecule has 3 aromatic rings. The minimum atomic E-state index is -4.43. The molecule has 3 heterocycles. The second-order valence-corrected chi connectivity index (χ2v) is 7.68. The van der Waals surface area contributed by atoms with Crippen LogP contribution < -0.4 is 14.5 Å². The van der Waals surface area contributed by atoms with Crippen LogP contribution in [0.5, 0.6) is 11.6 Å². The van der Waals surface area contributed by atoms with Crippen molar-refractivity contribution in [2.75, 3.05) is 13.7 Å². The van der Waals surface area contributed by atoms with Crippen LogP contribution >= 0.6 is 0 Å². The van der Waals surface area contributed by atoms with E-state index < -0.39 is 11.7 Å². The molecule has 0 spiro atoms. The van der Waals surface area contributed by atoms with E-state index in [0.717, 1.165) is 12.3 Å². The van der Waals surface area contributed by atoms with Crippen molar-refractivity contribution in [3.05, 3.63) is 60.0 Å². The number of ether oxygens (including phenoxy) is 2. The average molecular weight is 462 g/mol. The van der Waals surface area contributed by atoms with Crippen molar-refractivity contribution in [1.82, 2.24) is 19.9 Å². The Balaban J connectivity index is 1.55. The van der Waals surface area contributed by atoms with Crippen LogP contribution in [0.3, 0.4) is 0 Å². The Bertz CT molecular complexity index is 1100. The minimum Gasteiger partial charge on any atom is -0.497 e. The lowest BCUT2D eigenvalue weighted by Gasteiger charge is -2.38. The van der Waals surface area contributed by atoms with Crippen LogP contribution in [0.4, 0.5) is 13.2 Å². The average Bonchev–Trinajstić information content (AvgIpc) is 3.34. The van der Waals surface area contributed by atoms with Crippen LogP contribution in [0.2, 0.25) is 0 Å². The van der Waals surface area contributed by atoms with Crippen molar-refractivity contribution >= 4 is 5.91 Å². The lowest BCUT2D eigenvalue weighted by molar-refractivity contribution is -0.400. The molecule has 0 aliphatic carbocycles. The molecule has 2 aromatic heterocycles. The first-order valence-electron chi connectivity index (χ1n) is 10.4. The SMILES string of the molecule is COc1ccc(C(=O)N2CCC[C@@H](Oc3ccc(C(F)(F)F)c[nH+]3)[C@@H]2C)c(-n2nccn2)c1. The van der Waals surface area contributed by atoms with Gasteiger partial charge in [-0.1, -0.05) is 0 Å². The summed E-state index contributed by atoms with van der Waals surface area (Å²) in [6.45, 7) is 2.38. The largest absolute Gasteiger partial charge is 0.497 e. The predicted molar refractivity (Wildman–Crippen MR) is 110 cm³/mol. The van der Waals surface area contributed by atoms with E-state index in [0.29, 0.717) is 36.4 Å². The van der Waals surface area contributed by atoms with E-state index in [4.69, 9.17) is 9.47 Å². The van der Waals surface area contributed by atoms with Crippen LogP contribution in [-0.2, 0) is 6.18 Å². The van der Waals surface area contributed by atoms with Gasteiger partial charge in [0.05, 0.1) is 37.2 Å². The number of alkyl halides is 3. The number of benzene rings is 1. The second-order valence-electron chi connectivity index (χ2n) is 7.68. The Labute approximate surface area is 187 Å². The van der Waals surface area contributed by atoms with Gasteiger partial charge < -0.3 is 14.4 Å². The molecule has 1 aliphatic rings. The maximum atomic E-state index is 13.5. The van der Waals surface area contributed by atoms with Crippen molar-refractivity contribution in [2.24, 2.45) is 0 Å². The Kier molecular flexibility index (Phi) is 6.21. The number of piperidine rings is 1. The monoisotopic (exact) mass is 462 g/mol. The van der Waals surface area contributed by atoms with Crippen LogP contribution in [0.25, 0.3) is 5.69 Å². The summed E-state index contributed by atoms with van der Waals surface area (Å²) >= 11 is 0. The molecule has 8 nitrogen and oxygen atoms in total. The number of rotatable bonds is 5. The number of carbonyl (C=O) groups excluding carboxylic acids is 1. The third-order valence-electron chi connectivity index (χ3n) is 5.64. The summed E-state index contributed by atoms with van der Waals surface area (Å²) in [6, 6.07) is 6.94. The highest BCUT2D eigenvalue weighted by atomic mass is 19.4. The molecule has 1 N–H and O–H groups in total. The molecular formula is C22H23F3N5O3+. The van der Waals surface area contributed by atoms with E-state index >= 15 is 0 Å².